The minimum Gasteiger partial charge on any atom is -0.456 e. The van der Waals surface area contributed by atoms with Crippen molar-refractivity contribution in [3.8, 4) is 11.5 Å². The predicted molar refractivity (Wildman–Crippen MR) is 87.2 cm³/mol. The van der Waals surface area contributed by atoms with Crippen LogP contribution in [0.15, 0.2) is 71.4 Å². The van der Waals surface area contributed by atoms with Crippen LogP contribution in [0.1, 0.15) is 11.3 Å². The fraction of sp³-hybridized carbons (Fsp3) is 0.0526. The molecular weight excluding hydrogens is 309 g/mol. The highest BCUT2D eigenvalue weighted by atomic mass is 19.1. The lowest BCUT2D eigenvalue weighted by molar-refractivity contribution is -0.139. The zero-order valence-corrected chi connectivity index (χ0v) is 12.7. The van der Waals surface area contributed by atoms with Gasteiger partial charge in [0.05, 0.1) is 0 Å². The fourth-order valence-electron chi connectivity index (χ4n) is 2.02. The van der Waals surface area contributed by atoms with Crippen molar-refractivity contribution in [2.45, 2.75) is 6.61 Å². The van der Waals surface area contributed by atoms with Gasteiger partial charge in [-0.25, -0.2) is 14.2 Å². The summed E-state index contributed by atoms with van der Waals surface area (Å²) in [5.41, 5.74) is 2.09. The number of rotatable bonds is 5. The van der Waals surface area contributed by atoms with Gasteiger partial charge in [-0.15, -0.1) is 0 Å². The van der Waals surface area contributed by atoms with Crippen molar-refractivity contribution < 1.29 is 18.3 Å². The number of ether oxygens (including phenoxy) is 1. The molecule has 24 heavy (non-hydrogen) atoms. The fourth-order valence-corrected chi connectivity index (χ4v) is 2.02. The van der Waals surface area contributed by atoms with Crippen molar-refractivity contribution in [2.24, 2.45) is 0 Å². The molecule has 0 aliphatic carbocycles. The van der Waals surface area contributed by atoms with Gasteiger partial charge < -0.3 is 9.15 Å². The third-order valence-corrected chi connectivity index (χ3v) is 3.22. The van der Waals surface area contributed by atoms with Gasteiger partial charge in [0.1, 0.15) is 24.4 Å². The Morgan fingerprint density at radius 2 is 1.88 bits per heavy atom. The lowest BCUT2D eigenvalue weighted by Crippen LogP contribution is -2.00. The Morgan fingerprint density at radius 1 is 1.12 bits per heavy atom. The van der Waals surface area contributed by atoms with Gasteiger partial charge in [0.25, 0.3) is 0 Å². The second-order valence-corrected chi connectivity index (χ2v) is 5.00. The first-order chi connectivity index (χ1) is 11.7. The van der Waals surface area contributed by atoms with Crippen molar-refractivity contribution in [1.29, 1.82) is 0 Å². The standard InChI is InChI=1S/C19H14FNO3/c20-16-9-6-14(7-10-16)8-11-18(22)23-12-17-13-24-19(21-17)15-4-2-1-3-5-15/h1-11,13H,12H2/b11-8+. The van der Waals surface area contributed by atoms with Gasteiger partial charge in [-0.1, -0.05) is 30.3 Å². The maximum atomic E-state index is 12.8. The Labute approximate surface area is 138 Å². The Bertz CT molecular complexity index is 839. The number of hydrogen-bond acceptors (Lipinski definition) is 4. The first-order valence-electron chi connectivity index (χ1n) is 7.31. The van der Waals surface area contributed by atoms with Crippen LogP contribution in [-0.4, -0.2) is 11.0 Å². The van der Waals surface area contributed by atoms with Crippen molar-refractivity contribution in [1.82, 2.24) is 4.98 Å². The number of benzene rings is 2. The quantitative estimate of drug-likeness (QED) is 0.520. The number of carbonyl (C=O) groups excluding carboxylic acids is 1. The van der Waals surface area contributed by atoms with Crippen LogP contribution in [0, 0.1) is 5.82 Å². The molecule has 1 heterocycles. The molecule has 0 aliphatic heterocycles. The van der Waals surface area contributed by atoms with Gasteiger partial charge in [0, 0.05) is 11.6 Å². The SMILES string of the molecule is O=C(/C=C/c1ccc(F)cc1)OCc1coc(-c2ccccc2)n1. The van der Waals surface area contributed by atoms with E-state index < -0.39 is 5.97 Å². The number of nitrogens with zero attached hydrogens (tertiary/aromatic N) is 1. The maximum Gasteiger partial charge on any atom is 0.331 e. The van der Waals surface area contributed by atoms with Crippen LogP contribution in [0.2, 0.25) is 0 Å². The van der Waals surface area contributed by atoms with E-state index in [0.717, 1.165) is 5.56 Å². The van der Waals surface area contributed by atoms with Crippen LogP contribution < -0.4 is 0 Å². The smallest absolute Gasteiger partial charge is 0.331 e. The molecule has 0 aliphatic rings. The van der Waals surface area contributed by atoms with E-state index in [4.69, 9.17) is 9.15 Å². The molecule has 1 aromatic heterocycles. The van der Waals surface area contributed by atoms with Crippen LogP contribution in [0.4, 0.5) is 4.39 Å². The second kappa shape index (κ2) is 7.37. The summed E-state index contributed by atoms with van der Waals surface area (Å²) in [4.78, 5) is 16.0. The molecule has 0 saturated heterocycles. The Hall–Kier alpha value is -3.21. The van der Waals surface area contributed by atoms with E-state index in [1.165, 1.54) is 24.5 Å². The zero-order chi connectivity index (χ0) is 16.8. The number of carbonyl (C=O) groups is 1. The third kappa shape index (κ3) is 4.16. The molecule has 0 saturated carbocycles. The predicted octanol–water partition coefficient (Wildman–Crippen LogP) is 4.24. The summed E-state index contributed by atoms with van der Waals surface area (Å²) in [6, 6.07) is 15.2. The Kier molecular flexibility index (Phi) is 4.81. The highest BCUT2D eigenvalue weighted by Gasteiger charge is 2.07. The molecule has 0 atom stereocenters. The molecule has 0 radical (unpaired) electrons. The largest absolute Gasteiger partial charge is 0.456 e. The van der Waals surface area contributed by atoms with E-state index in [2.05, 4.69) is 4.98 Å². The van der Waals surface area contributed by atoms with Crippen molar-refractivity contribution in [3.05, 3.63) is 84.0 Å². The summed E-state index contributed by atoms with van der Waals surface area (Å²) in [6.45, 7) is 0.0168. The van der Waals surface area contributed by atoms with E-state index >= 15 is 0 Å². The number of hydrogen-bond donors (Lipinski definition) is 0. The molecule has 5 heteroatoms. The summed E-state index contributed by atoms with van der Waals surface area (Å²) in [5.74, 6) is -0.359. The monoisotopic (exact) mass is 323 g/mol. The second-order valence-electron chi connectivity index (χ2n) is 5.00. The molecule has 4 nitrogen and oxygen atoms in total. The van der Waals surface area contributed by atoms with Crippen LogP contribution in [-0.2, 0) is 16.1 Å². The van der Waals surface area contributed by atoms with Crippen LogP contribution in [0.25, 0.3) is 17.5 Å². The zero-order valence-electron chi connectivity index (χ0n) is 12.7. The first-order valence-corrected chi connectivity index (χ1v) is 7.31. The average Bonchev–Trinajstić information content (AvgIpc) is 3.09. The molecule has 0 N–H and O–H groups in total. The molecule has 0 spiro atoms. The molecule has 0 fully saturated rings. The topological polar surface area (TPSA) is 52.3 Å². The minimum absolute atomic E-state index is 0.0168. The average molecular weight is 323 g/mol. The molecule has 0 unspecified atom stereocenters. The minimum atomic E-state index is -0.511. The number of esters is 1. The van der Waals surface area contributed by atoms with Crippen LogP contribution in [0.3, 0.4) is 0 Å². The Morgan fingerprint density at radius 3 is 2.62 bits per heavy atom. The van der Waals surface area contributed by atoms with Crippen molar-refractivity contribution in [2.75, 3.05) is 0 Å². The van der Waals surface area contributed by atoms with E-state index in [1.807, 2.05) is 30.3 Å². The molecule has 3 rings (SSSR count). The van der Waals surface area contributed by atoms with E-state index in [-0.39, 0.29) is 12.4 Å². The maximum absolute atomic E-state index is 12.8. The van der Waals surface area contributed by atoms with Gasteiger partial charge >= 0.3 is 5.97 Å². The molecule has 2 aromatic carbocycles. The lowest BCUT2D eigenvalue weighted by atomic mass is 10.2. The number of oxazole rings is 1. The normalized spacial score (nSPS) is 10.9. The van der Waals surface area contributed by atoms with Gasteiger partial charge in [0.2, 0.25) is 5.89 Å². The van der Waals surface area contributed by atoms with E-state index in [0.29, 0.717) is 17.1 Å². The van der Waals surface area contributed by atoms with Crippen LogP contribution >= 0.6 is 0 Å². The number of aromatic nitrogens is 1. The summed E-state index contributed by atoms with van der Waals surface area (Å²) >= 11 is 0. The van der Waals surface area contributed by atoms with Gasteiger partial charge in [0.15, 0.2) is 0 Å². The highest BCUT2D eigenvalue weighted by Crippen LogP contribution is 2.18. The molecule has 0 bridgehead atoms. The van der Waals surface area contributed by atoms with E-state index in [1.54, 1.807) is 18.2 Å². The Balaban J connectivity index is 1.55. The summed E-state index contributed by atoms with van der Waals surface area (Å²) in [5, 5.41) is 0. The van der Waals surface area contributed by atoms with Crippen molar-refractivity contribution >= 4 is 12.0 Å². The molecule has 3 aromatic rings. The van der Waals surface area contributed by atoms with Crippen LogP contribution in [0.5, 0.6) is 0 Å². The third-order valence-electron chi connectivity index (χ3n) is 3.22. The molecular formula is C19H14FNO3. The number of halogens is 1. The molecule has 120 valence electrons. The molecule has 0 amide bonds. The van der Waals surface area contributed by atoms with E-state index in [9.17, 15) is 9.18 Å². The van der Waals surface area contributed by atoms with Gasteiger partial charge in [-0.05, 0) is 35.9 Å². The summed E-state index contributed by atoms with van der Waals surface area (Å²) in [6.07, 6.45) is 4.30. The van der Waals surface area contributed by atoms with Gasteiger partial charge in [-0.2, -0.15) is 0 Å². The lowest BCUT2D eigenvalue weighted by Gasteiger charge is -1.98. The highest BCUT2D eigenvalue weighted by molar-refractivity contribution is 5.87. The van der Waals surface area contributed by atoms with Gasteiger partial charge in [-0.3, -0.25) is 0 Å². The summed E-state index contributed by atoms with van der Waals surface area (Å²) in [7, 11) is 0. The summed E-state index contributed by atoms with van der Waals surface area (Å²) < 4.78 is 23.3. The first kappa shape index (κ1) is 15.7. The van der Waals surface area contributed by atoms with Crippen molar-refractivity contribution in [3.63, 3.8) is 0 Å².